The summed E-state index contributed by atoms with van der Waals surface area (Å²) in [5.41, 5.74) is 4.73. The molecule has 0 fully saturated rings. The second-order valence-corrected chi connectivity index (χ2v) is 8.43. The van der Waals surface area contributed by atoms with E-state index in [2.05, 4.69) is 61.9 Å². The molecule has 0 aliphatic carbocycles. The van der Waals surface area contributed by atoms with Crippen LogP contribution in [0.4, 0.5) is 0 Å². The van der Waals surface area contributed by atoms with E-state index in [9.17, 15) is 0 Å². The molecule has 0 saturated carbocycles. The third kappa shape index (κ3) is 3.93. The van der Waals surface area contributed by atoms with Gasteiger partial charge in [0.15, 0.2) is 5.16 Å². The van der Waals surface area contributed by atoms with Crippen LogP contribution >= 0.6 is 11.8 Å². The minimum Gasteiger partial charge on any atom is -0.480 e. The summed E-state index contributed by atoms with van der Waals surface area (Å²) in [5.74, 6) is 0.884. The van der Waals surface area contributed by atoms with Gasteiger partial charge in [0, 0.05) is 0 Å². The van der Waals surface area contributed by atoms with Crippen LogP contribution in [0.5, 0.6) is 5.75 Å². The van der Waals surface area contributed by atoms with Crippen LogP contribution in [0.1, 0.15) is 38.8 Å². The molecule has 1 aromatic heterocycles. The molecule has 1 N–H and O–H groups in total. The first-order valence-corrected chi connectivity index (χ1v) is 9.09. The predicted molar refractivity (Wildman–Crippen MR) is 102 cm³/mol. The number of nitrogens with zero attached hydrogens (tertiary/aromatic N) is 1. The maximum atomic E-state index is 6.01. The number of imidazole rings is 1. The van der Waals surface area contributed by atoms with Gasteiger partial charge < -0.3 is 9.72 Å². The molecule has 3 nitrogen and oxygen atoms in total. The molecule has 0 aliphatic heterocycles. The van der Waals surface area contributed by atoms with E-state index in [0.717, 1.165) is 21.9 Å². The highest BCUT2D eigenvalue weighted by atomic mass is 32.2. The number of aromatic nitrogens is 2. The molecule has 0 bridgehead atoms. The molecule has 2 aromatic carbocycles. The van der Waals surface area contributed by atoms with E-state index in [4.69, 9.17) is 4.74 Å². The van der Waals surface area contributed by atoms with E-state index in [0.29, 0.717) is 0 Å². The molecule has 1 heterocycles. The van der Waals surface area contributed by atoms with Crippen LogP contribution in [0, 0.1) is 6.92 Å². The zero-order valence-electron chi connectivity index (χ0n) is 14.9. The van der Waals surface area contributed by atoms with Gasteiger partial charge >= 0.3 is 0 Å². The fourth-order valence-electron chi connectivity index (χ4n) is 2.56. The Morgan fingerprint density at radius 3 is 2.46 bits per heavy atom. The average molecular weight is 340 g/mol. The van der Waals surface area contributed by atoms with Crippen molar-refractivity contribution in [3.8, 4) is 5.75 Å². The van der Waals surface area contributed by atoms with Gasteiger partial charge in [-0.2, -0.15) is 0 Å². The fourth-order valence-corrected chi connectivity index (χ4v) is 3.36. The SMILES string of the molecule is Cc1ccc2nc(SC(C)Oc3ccc(C(C)(C)C)cc3)[nH]c2c1. The number of hydrogen-bond donors (Lipinski definition) is 1. The Bertz CT molecular complexity index is 831. The number of aromatic amines is 1. The van der Waals surface area contributed by atoms with E-state index >= 15 is 0 Å². The minimum atomic E-state index is -0.0212. The van der Waals surface area contributed by atoms with Crippen molar-refractivity contribution in [2.45, 2.75) is 50.6 Å². The molecule has 0 spiro atoms. The lowest BCUT2D eigenvalue weighted by Gasteiger charge is -2.20. The van der Waals surface area contributed by atoms with Gasteiger partial charge in [0.1, 0.15) is 11.2 Å². The zero-order valence-corrected chi connectivity index (χ0v) is 15.7. The standard InChI is InChI=1S/C20H24N2OS/c1-13-6-11-17-18(12-13)22-19(21-17)24-14(2)23-16-9-7-15(8-10-16)20(3,4)5/h6-12,14H,1-5H3,(H,21,22). The Morgan fingerprint density at radius 1 is 1.08 bits per heavy atom. The third-order valence-corrected chi connectivity index (χ3v) is 4.76. The van der Waals surface area contributed by atoms with Gasteiger partial charge in [-0.25, -0.2) is 4.98 Å². The summed E-state index contributed by atoms with van der Waals surface area (Å²) < 4.78 is 6.01. The third-order valence-electron chi connectivity index (χ3n) is 3.92. The van der Waals surface area contributed by atoms with Crippen molar-refractivity contribution in [1.29, 1.82) is 0 Å². The summed E-state index contributed by atoms with van der Waals surface area (Å²) in [6, 6.07) is 14.6. The van der Waals surface area contributed by atoms with Crippen LogP contribution in [-0.4, -0.2) is 15.4 Å². The second kappa shape index (κ2) is 6.52. The van der Waals surface area contributed by atoms with Crippen molar-refractivity contribution >= 4 is 22.8 Å². The van der Waals surface area contributed by atoms with Crippen LogP contribution in [0.25, 0.3) is 11.0 Å². The Labute approximate surface area is 147 Å². The monoisotopic (exact) mass is 340 g/mol. The average Bonchev–Trinajstić information content (AvgIpc) is 2.87. The van der Waals surface area contributed by atoms with Gasteiger partial charge in [0.05, 0.1) is 11.0 Å². The van der Waals surface area contributed by atoms with Gasteiger partial charge in [-0.3, -0.25) is 0 Å². The molecule has 4 heteroatoms. The van der Waals surface area contributed by atoms with Gasteiger partial charge in [0.2, 0.25) is 0 Å². The summed E-state index contributed by atoms with van der Waals surface area (Å²) in [6.07, 6.45) is 0. The number of aryl methyl sites for hydroxylation is 1. The van der Waals surface area contributed by atoms with Crippen molar-refractivity contribution in [3.63, 3.8) is 0 Å². The predicted octanol–water partition coefficient (Wildman–Crippen LogP) is 5.69. The lowest BCUT2D eigenvalue weighted by Crippen LogP contribution is -2.11. The lowest BCUT2D eigenvalue weighted by atomic mass is 9.87. The van der Waals surface area contributed by atoms with E-state index in [1.54, 1.807) is 11.8 Å². The van der Waals surface area contributed by atoms with Gasteiger partial charge in [-0.05, 0) is 66.4 Å². The molecular formula is C20H24N2OS. The van der Waals surface area contributed by atoms with E-state index in [1.165, 1.54) is 11.1 Å². The first-order chi connectivity index (χ1) is 11.3. The molecule has 24 heavy (non-hydrogen) atoms. The fraction of sp³-hybridized carbons (Fsp3) is 0.350. The minimum absolute atomic E-state index is 0.0212. The first kappa shape index (κ1) is 16.9. The molecular weight excluding hydrogens is 316 g/mol. The summed E-state index contributed by atoms with van der Waals surface area (Å²) >= 11 is 1.59. The number of nitrogens with one attached hydrogen (secondary N) is 1. The topological polar surface area (TPSA) is 37.9 Å². The molecule has 1 unspecified atom stereocenters. The van der Waals surface area contributed by atoms with Crippen LogP contribution in [0.15, 0.2) is 47.6 Å². The number of hydrogen-bond acceptors (Lipinski definition) is 3. The van der Waals surface area contributed by atoms with Crippen molar-refractivity contribution in [3.05, 3.63) is 53.6 Å². The molecule has 0 saturated heterocycles. The summed E-state index contributed by atoms with van der Waals surface area (Å²) in [7, 11) is 0. The Kier molecular flexibility index (Phi) is 4.59. The number of rotatable bonds is 4. The van der Waals surface area contributed by atoms with E-state index in [1.807, 2.05) is 25.1 Å². The van der Waals surface area contributed by atoms with Gasteiger partial charge in [-0.15, -0.1) is 0 Å². The molecule has 1 atom stereocenters. The first-order valence-electron chi connectivity index (χ1n) is 8.21. The normalized spacial score (nSPS) is 13.2. The van der Waals surface area contributed by atoms with Crippen molar-refractivity contribution in [1.82, 2.24) is 9.97 Å². The van der Waals surface area contributed by atoms with E-state index in [-0.39, 0.29) is 10.9 Å². The second-order valence-electron chi connectivity index (χ2n) is 7.14. The van der Waals surface area contributed by atoms with Crippen LogP contribution in [0.3, 0.4) is 0 Å². The Balaban J connectivity index is 1.67. The summed E-state index contributed by atoms with van der Waals surface area (Å²) in [4.78, 5) is 7.96. The van der Waals surface area contributed by atoms with Gasteiger partial charge in [-0.1, -0.05) is 39.0 Å². The number of H-pyrrole nitrogens is 1. The highest BCUT2D eigenvalue weighted by molar-refractivity contribution is 7.99. The maximum absolute atomic E-state index is 6.01. The zero-order chi connectivity index (χ0) is 17.3. The number of thioether (sulfide) groups is 1. The number of benzene rings is 2. The van der Waals surface area contributed by atoms with Crippen molar-refractivity contribution < 1.29 is 4.74 Å². The van der Waals surface area contributed by atoms with Crippen LogP contribution in [0.2, 0.25) is 0 Å². The smallest absolute Gasteiger partial charge is 0.169 e. The van der Waals surface area contributed by atoms with E-state index < -0.39 is 0 Å². The number of fused-ring (bicyclic) bond motifs is 1. The van der Waals surface area contributed by atoms with Crippen molar-refractivity contribution in [2.24, 2.45) is 0 Å². The molecule has 0 amide bonds. The summed E-state index contributed by atoms with van der Waals surface area (Å²) in [5, 5.41) is 0.884. The molecule has 0 radical (unpaired) electrons. The highest BCUT2D eigenvalue weighted by Gasteiger charge is 2.14. The van der Waals surface area contributed by atoms with Crippen molar-refractivity contribution in [2.75, 3.05) is 0 Å². The summed E-state index contributed by atoms with van der Waals surface area (Å²) in [6.45, 7) is 10.8. The van der Waals surface area contributed by atoms with Crippen LogP contribution in [-0.2, 0) is 5.41 Å². The number of ether oxygens (including phenoxy) is 1. The molecule has 126 valence electrons. The molecule has 0 aliphatic rings. The molecule has 3 aromatic rings. The maximum Gasteiger partial charge on any atom is 0.169 e. The largest absolute Gasteiger partial charge is 0.480 e. The quantitative estimate of drug-likeness (QED) is 0.490. The molecule has 3 rings (SSSR count). The lowest BCUT2D eigenvalue weighted by molar-refractivity contribution is 0.307. The Morgan fingerprint density at radius 2 is 1.79 bits per heavy atom. The van der Waals surface area contributed by atoms with Gasteiger partial charge in [0.25, 0.3) is 0 Å². The Hall–Kier alpha value is -1.94. The highest BCUT2D eigenvalue weighted by Crippen LogP contribution is 2.28. The van der Waals surface area contributed by atoms with Crippen LogP contribution < -0.4 is 4.74 Å².